The van der Waals surface area contributed by atoms with Gasteiger partial charge in [-0.15, -0.1) is 0 Å². The van der Waals surface area contributed by atoms with Crippen molar-refractivity contribution in [2.45, 2.75) is 26.2 Å². The van der Waals surface area contributed by atoms with Crippen molar-refractivity contribution < 1.29 is 18.0 Å². The lowest BCUT2D eigenvalue weighted by atomic mass is 10.2. The van der Waals surface area contributed by atoms with Crippen molar-refractivity contribution in [2.75, 3.05) is 5.32 Å². The van der Waals surface area contributed by atoms with Crippen LogP contribution in [0.1, 0.15) is 17.0 Å². The van der Waals surface area contributed by atoms with Crippen molar-refractivity contribution in [1.82, 2.24) is 19.6 Å². The number of anilines is 1. The fourth-order valence-corrected chi connectivity index (χ4v) is 3.02. The van der Waals surface area contributed by atoms with Gasteiger partial charge in [-0.1, -0.05) is 40.9 Å². The molecule has 3 rings (SSSR count). The van der Waals surface area contributed by atoms with E-state index in [1.54, 1.807) is 18.2 Å². The molecule has 0 aliphatic heterocycles. The van der Waals surface area contributed by atoms with Crippen molar-refractivity contribution in [3.05, 3.63) is 62.5 Å². The number of rotatable bonds is 5. The predicted octanol–water partition coefficient (Wildman–Crippen LogP) is 5.05. The van der Waals surface area contributed by atoms with Gasteiger partial charge in [-0.3, -0.25) is 14.2 Å². The standard InChI is InChI=1S/C17H13Cl3F3N5O/c1-9-4-14(17(21,22)23)25-28(9)8-15(29)24-16-13(20)7-27(26-16)6-10-2-3-11(18)12(19)5-10/h2-5,7H,6,8H2,1H3,(H,24,26,29). The largest absolute Gasteiger partial charge is 0.435 e. The molecule has 0 aliphatic carbocycles. The molecule has 29 heavy (non-hydrogen) atoms. The summed E-state index contributed by atoms with van der Waals surface area (Å²) in [6, 6.07) is 5.96. The van der Waals surface area contributed by atoms with Crippen LogP contribution in [0.3, 0.4) is 0 Å². The first-order chi connectivity index (χ1) is 13.5. The topological polar surface area (TPSA) is 64.7 Å². The Morgan fingerprint density at radius 2 is 1.83 bits per heavy atom. The van der Waals surface area contributed by atoms with Crippen molar-refractivity contribution in [2.24, 2.45) is 0 Å². The average molecular weight is 467 g/mol. The third-order valence-electron chi connectivity index (χ3n) is 3.87. The zero-order valence-electron chi connectivity index (χ0n) is 14.8. The molecule has 1 N–H and O–H groups in total. The summed E-state index contributed by atoms with van der Waals surface area (Å²) < 4.78 is 40.6. The van der Waals surface area contributed by atoms with Gasteiger partial charge in [-0.2, -0.15) is 23.4 Å². The monoisotopic (exact) mass is 465 g/mol. The Labute approximate surface area is 178 Å². The van der Waals surface area contributed by atoms with Crippen LogP contribution in [-0.2, 0) is 24.1 Å². The molecule has 0 aliphatic rings. The van der Waals surface area contributed by atoms with Gasteiger partial charge < -0.3 is 5.32 Å². The number of nitrogens with zero attached hydrogens (tertiary/aromatic N) is 4. The molecular formula is C17H13Cl3F3N5O. The molecule has 0 bridgehead atoms. The Balaban J connectivity index is 1.68. The molecule has 6 nitrogen and oxygen atoms in total. The molecule has 0 spiro atoms. The summed E-state index contributed by atoms with van der Waals surface area (Å²) in [6.45, 7) is 1.33. The van der Waals surface area contributed by atoms with E-state index < -0.39 is 24.3 Å². The maximum absolute atomic E-state index is 12.7. The Morgan fingerprint density at radius 3 is 2.45 bits per heavy atom. The molecule has 0 radical (unpaired) electrons. The van der Waals surface area contributed by atoms with Crippen LogP contribution < -0.4 is 5.32 Å². The molecule has 2 heterocycles. The molecule has 0 saturated carbocycles. The molecule has 0 fully saturated rings. The van der Waals surface area contributed by atoms with E-state index in [-0.39, 0.29) is 16.5 Å². The molecular weight excluding hydrogens is 454 g/mol. The van der Waals surface area contributed by atoms with Crippen LogP contribution in [-0.4, -0.2) is 25.5 Å². The van der Waals surface area contributed by atoms with Crippen LogP contribution in [0.4, 0.5) is 19.0 Å². The van der Waals surface area contributed by atoms with Crippen LogP contribution in [0.2, 0.25) is 15.1 Å². The number of aryl methyl sites for hydroxylation is 1. The van der Waals surface area contributed by atoms with Gasteiger partial charge in [-0.25, -0.2) is 0 Å². The number of benzene rings is 1. The van der Waals surface area contributed by atoms with Crippen LogP contribution in [0, 0.1) is 6.92 Å². The normalized spacial score (nSPS) is 11.7. The van der Waals surface area contributed by atoms with Gasteiger partial charge >= 0.3 is 6.18 Å². The minimum absolute atomic E-state index is 0.0811. The van der Waals surface area contributed by atoms with Crippen molar-refractivity contribution >= 4 is 46.5 Å². The fraction of sp³-hybridized carbons (Fsp3) is 0.235. The molecule has 0 saturated heterocycles. The quantitative estimate of drug-likeness (QED) is 0.572. The number of halogens is 6. The first-order valence-corrected chi connectivity index (χ1v) is 9.24. The number of hydrogen-bond acceptors (Lipinski definition) is 3. The highest BCUT2D eigenvalue weighted by Crippen LogP contribution is 2.28. The summed E-state index contributed by atoms with van der Waals surface area (Å²) in [4.78, 5) is 12.2. The van der Waals surface area contributed by atoms with Crippen LogP contribution in [0.15, 0.2) is 30.5 Å². The molecule has 2 aromatic heterocycles. The summed E-state index contributed by atoms with van der Waals surface area (Å²) >= 11 is 18.0. The maximum atomic E-state index is 12.7. The molecule has 0 unspecified atom stereocenters. The van der Waals surface area contributed by atoms with Crippen molar-refractivity contribution in [3.8, 4) is 0 Å². The lowest BCUT2D eigenvalue weighted by Crippen LogP contribution is -2.21. The van der Waals surface area contributed by atoms with Gasteiger partial charge in [0, 0.05) is 11.9 Å². The van der Waals surface area contributed by atoms with E-state index in [1.807, 2.05) is 0 Å². The minimum Gasteiger partial charge on any atom is -0.306 e. The number of amides is 1. The van der Waals surface area contributed by atoms with E-state index in [1.165, 1.54) is 17.8 Å². The highest BCUT2D eigenvalue weighted by Gasteiger charge is 2.34. The van der Waals surface area contributed by atoms with Gasteiger partial charge in [-0.05, 0) is 30.7 Å². The second kappa shape index (κ2) is 8.25. The molecule has 154 valence electrons. The zero-order chi connectivity index (χ0) is 21.3. The Hall–Kier alpha value is -2.23. The first kappa shape index (κ1) is 21.5. The Bertz CT molecular complexity index is 1060. The smallest absolute Gasteiger partial charge is 0.306 e. The SMILES string of the molecule is Cc1cc(C(F)(F)F)nn1CC(=O)Nc1nn(Cc2ccc(Cl)c(Cl)c2)cc1Cl. The van der Waals surface area contributed by atoms with Gasteiger partial charge in [0.1, 0.15) is 11.6 Å². The summed E-state index contributed by atoms with van der Waals surface area (Å²) in [5, 5.41) is 11.0. The van der Waals surface area contributed by atoms with Gasteiger partial charge in [0.05, 0.1) is 16.6 Å². The highest BCUT2D eigenvalue weighted by molar-refractivity contribution is 6.42. The number of aromatic nitrogens is 4. The third-order valence-corrected chi connectivity index (χ3v) is 4.88. The summed E-state index contributed by atoms with van der Waals surface area (Å²) in [7, 11) is 0. The summed E-state index contributed by atoms with van der Waals surface area (Å²) in [6.07, 6.45) is -3.08. The number of alkyl halides is 3. The lowest BCUT2D eigenvalue weighted by Gasteiger charge is -2.06. The maximum Gasteiger partial charge on any atom is 0.435 e. The second-order valence-electron chi connectivity index (χ2n) is 6.15. The van der Waals surface area contributed by atoms with E-state index in [0.29, 0.717) is 16.6 Å². The van der Waals surface area contributed by atoms with Crippen LogP contribution in [0.5, 0.6) is 0 Å². The van der Waals surface area contributed by atoms with Crippen molar-refractivity contribution in [3.63, 3.8) is 0 Å². The van der Waals surface area contributed by atoms with Crippen LogP contribution >= 0.6 is 34.8 Å². The van der Waals surface area contributed by atoms with E-state index >= 15 is 0 Å². The number of carbonyl (C=O) groups is 1. The fourth-order valence-electron chi connectivity index (χ4n) is 2.50. The van der Waals surface area contributed by atoms with E-state index in [4.69, 9.17) is 34.8 Å². The predicted molar refractivity (Wildman–Crippen MR) is 103 cm³/mol. The molecule has 1 amide bonds. The first-order valence-electron chi connectivity index (χ1n) is 8.11. The van der Waals surface area contributed by atoms with Gasteiger partial charge in [0.2, 0.25) is 5.91 Å². The molecule has 3 aromatic rings. The van der Waals surface area contributed by atoms with Gasteiger partial charge in [0.25, 0.3) is 0 Å². The lowest BCUT2D eigenvalue weighted by molar-refractivity contribution is -0.141. The minimum atomic E-state index is -4.58. The number of hydrogen-bond donors (Lipinski definition) is 1. The average Bonchev–Trinajstić information content (AvgIpc) is 3.14. The number of carbonyl (C=O) groups excluding carboxylic acids is 1. The highest BCUT2D eigenvalue weighted by atomic mass is 35.5. The van der Waals surface area contributed by atoms with Crippen molar-refractivity contribution in [1.29, 1.82) is 0 Å². The molecule has 0 atom stereocenters. The summed E-state index contributed by atoms with van der Waals surface area (Å²) in [5.41, 5.74) is -0.0567. The third kappa shape index (κ3) is 5.23. The Morgan fingerprint density at radius 1 is 1.10 bits per heavy atom. The number of nitrogens with one attached hydrogen (secondary N) is 1. The Kier molecular flexibility index (Phi) is 6.11. The van der Waals surface area contributed by atoms with E-state index in [9.17, 15) is 18.0 Å². The van der Waals surface area contributed by atoms with Crippen LogP contribution in [0.25, 0.3) is 0 Å². The summed E-state index contributed by atoms with van der Waals surface area (Å²) in [5.74, 6) is -0.538. The van der Waals surface area contributed by atoms with E-state index in [2.05, 4.69) is 15.5 Å². The molecule has 12 heteroatoms. The second-order valence-corrected chi connectivity index (χ2v) is 7.37. The zero-order valence-corrected chi connectivity index (χ0v) is 17.0. The van der Waals surface area contributed by atoms with Gasteiger partial charge in [0.15, 0.2) is 11.5 Å². The van der Waals surface area contributed by atoms with E-state index in [0.717, 1.165) is 16.3 Å². The molecule has 1 aromatic carbocycles.